The first-order valence-electron chi connectivity index (χ1n) is 21.2. The fourth-order valence-electron chi connectivity index (χ4n) is 6.85. The summed E-state index contributed by atoms with van der Waals surface area (Å²) in [5, 5.41) is 0. The van der Waals surface area contributed by atoms with Gasteiger partial charge < -0.3 is 0 Å². The number of hydrogen-bond donors (Lipinski definition) is 0. The molecule has 0 aliphatic heterocycles. The minimum atomic E-state index is 0. The predicted molar refractivity (Wildman–Crippen MR) is 222 cm³/mol. The second-order valence-corrected chi connectivity index (χ2v) is 15.3. The van der Waals surface area contributed by atoms with E-state index in [1.165, 1.54) is 188 Å². The number of benzene rings is 2. The Kier molecular flexibility index (Phi) is 28.8. The van der Waals surface area contributed by atoms with E-state index in [1.54, 1.807) is 0 Å². The van der Waals surface area contributed by atoms with E-state index in [-0.39, 0.29) is 20.4 Å². The van der Waals surface area contributed by atoms with E-state index in [0.717, 1.165) is 30.6 Å². The molecule has 2 aromatic carbocycles. The summed E-state index contributed by atoms with van der Waals surface area (Å²) >= 11 is 0. The summed E-state index contributed by atoms with van der Waals surface area (Å²) in [4.78, 5) is 10.5. The van der Waals surface area contributed by atoms with Gasteiger partial charge in [0, 0.05) is 20.4 Å². The molecule has 0 radical (unpaired) electrons. The van der Waals surface area contributed by atoms with Crippen LogP contribution in [0.15, 0.2) is 46.4 Å². The van der Waals surface area contributed by atoms with E-state index in [4.69, 9.17) is 9.98 Å². The first-order chi connectivity index (χ1) is 23.9. The van der Waals surface area contributed by atoms with Gasteiger partial charge in [0.05, 0.1) is 22.8 Å². The fraction of sp³-hybridized carbons (Fsp3) is 0.702. The van der Waals surface area contributed by atoms with E-state index in [9.17, 15) is 0 Å². The van der Waals surface area contributed by atoms with Crippen molar-refractivity contribution in [2.75, 3.05) is 0 Å². The van der Waals surface area contributed by atoms with Crippen LogP contribution in [0, 0.1) is 27.7 Å². The average molecular weight is 778 g/mol. The molecule has 0 aliphatic carbocycles. The molecule has 0 aromatic heterocycles. The zero-order valence-corrected chi connectivity index (χ0v) is 35.3. The van der Waals surface area contributed by atoms with Crippen molar-refractivity contribution in [2.24, 2.45) is 9.98 Å². The van der Waals surface area contributed by atoms with Gasteiger partial charge in [0.2, 0.25) is 0 Å². The van der Waals surface area contributed by atoms with E-state index >= 15 is 0 Å². The van der Waals surface area contributed by atoms with Crippen LogP contribution in [0.2, 0.25) is 0 Å². The van der Waals surface area contributed by atoms with Crippen molar-refractivity contribution in [1.29, 1.82) is 0 Å². The Morgan fingerprint density at radius 1 is 0.360 bits per heavy atom. The Bertz CT molecular complexity index is 1180. The van der Waals surface area contributed by atoms with Crippen LogP contribution in [0.4, 0.5) is 11.4 Å². The summed E-state index contributed by atoms with van der Waals surface area (Å²) in [6.07, 6.45) is 37.1. The molecule has 2 nitrogen and oxygen atoms in total. The standard InChI is InChI=1S/C47H78N2.Pd/c1-7-9-11-12-13-14-15-16-17-18-19-20-21-22-23-24-25-26-27-28-29-30-31-33-47(49-45-37-35-41(4)43(6)39-45)46(32-10-8-2)48-44-36-34-40(3)42(5)38-44;/h34-39H,7-33H2,1-6H3;/b48-46+,49-47+;. The van der Waals surface area contributed by atoms with E-state index < -0.39 is 0 Å². The van der Waals surface area contributed by atoms with E-state index in [0.29, 0.717) is 0 Å². The predicted octanol–water partition coefficient (Wildman–Crippen LogP) is 16.3. The Morgan fingerprint density at radius 3 is 0.940 bits per heavy atom. The fourth-order valence-corrected chi connectivity index (χ4v) is 6.85. The van der Waals surface area contributed by atoms with Crippen LogP contribution in [0.3, 0.4) is 0 Å². The third-order valence-corrected chi connectivity index (χ3v) is 10.6. The molecule has 2 rings (SSSR count). The Hall–Kier alpha value is -1.56. The first kappa shape index (κ1) is 46.5. The molecule has 0 saturated heterocycles. The third-order valence-electron chi connectivity index (χ3n) is 10.6. The molecule has 0 heterocycles. The van der Waals surface area contributed by atoms with Gasteiger partial charge in [-0.3, -0.25) is 9.98 Å². The average Bonchev–Trinajstić information content (AvgIpc) is 3.09. The summed E-state index contributed by atoms with van der Waals surface area (Å²) < 4.78 is 0. The van der Waals surface area contributed by atoms with Crippen molar-refractivity contribution in [3.05, 3.63) is 58.7 Å². The van der Waals surface area contributed by atoms with Gasteiger partial charge in [-0.1, -0.05) is 174 Å². The van der Waals surface area contributed by atoms with E-state index in [2.05, 4.69) is 77.9 Å². The molecule has 0 fully saturated rings. The van der Waals surface area contributed by atoms with Crippen molar-refractivity contribution in [3.63, 3.8) is 0 Å². The quantitative estimate of drug-likeness (QED) is 0.0429. The minimum absolute atomic E-state index is 0. The Labute approximate surface area is 325 Å². The summed E-state index contributed by atoms with van der Waals surface area (Å²) in [5.41, 5.74) is 9.76. The molecular formula is C47H78N2Pd. The molecule has 50 heavy (non-hydrogen) atoms. The Balaban J connectivity index is 0.0000125. The molecule has 0 aliphatic rings. The molecular weight excluding hydrogens is 699 g/mol. The maximum Gasteiger partial charge on any atom is 0.0636 e. The Morgan fingerprint density at radius 2 is 0.640 bits per heavy atom. The molecule has 2 aromatic rings. The minimum Gasteiger partial charge on any atom is -0.252 e. The van der Waals surface area contributed by atoms with Crippen molar-refractivity contribution >= 4 is 22.8 Å². The summed E-state index contributed by atoms with van der Waals surface area (Å²) in [6, 6.07) is 13.2. The SMILES string of the molecule is CCCCCCCCCCCCCCCCCCCCCCCCCC(=N\c1ccc(C)c(C)c1)/C(CCCC)=N/c1ccc(C)c(C)c1.[Pd]. The molecule has 0 N–H and O–H groups in total. The molecule has 0 amide bonds. The number of unbranched alkanes of at least 4 members (excludes halogenated alkanes) is 23. The van der Waals surface area contributed by atoms with Crippen LogP contribution in [-0.2, 0) is 20.4 Å². The molecule has 0 unspecified atom stereocenters. The summed E-state index contributed by atoms with van der Waals surface area (Å²) in [6.45, 7) is 13.3. The molecule has 286 valence electrons. The van der Waals surface area contributed by atoms with Crippen molar-refractivity contribution in [1.82, 2.24) is 0 Å². The van der Waals surface area contributed by atoms with Crippen LogP contribution in [0.25, 0.3) is 0 Å². The van der Waals surface area contributed by atoms with Gasteiger partial charge in [-0.25, -0.2) is 0 Å². The van der Waals surface area contributed by atoms with Gasteiger partial charge in [0.25, 0.3) is 0 Å². The monoisotopic (exact) mass is 777 g/mol. The molecule has 0 spiro atoms. The summed E-state index contributed by atoms with van der Waals surface area (Å²) in [5.74, 6) is 0. The van der Waals surface area contributed by atoms with Crippen LogP contribution < -0.4 is 0 Å². The zero-order valence-electron chi connectivity index (χ0n) is 33.8. The van der Waals surface area contributed by atoms with Gasteiger partial charge in [-0.05, 0) is 99.9 Å². The van der Waals surface area contributed by atoms with Crippen LogP contribution in [-0.4, -0.2) is 11.4 Å². The molecule has 0 bridgehead atoms. The molecule has 3 heteroatoms. The second-order valence-electron chi connectivity index (χ2n) is 15.3. The largest absolute Gasteiger partial charge is 0.252 e. The maximum atomic E-state index is 5.26. The van der Waals surface area contributed by atoms with Crippen molar-refractivity contribution < 1.29 is 20.4 Å². The second kappa shape index (κ2) is 31.0. The van der Waals surface area contributed by atoms with E-state index in [1.807, 2.05) is 0 Å². The normalized spacial score (nSPS) is 12.0. The summed E-state index contributed by atoms with van der Waals surface area (Å²) in [7, 11) is 0. The van der Waals surface area contributed by atoms with Gasteiger partial charge in [-0.15, -0.1) is 0 Å². The van der Waals surface area contributed by atoms with Crippen LogP contribution in [0.5, 0.6) is 0 Å². The van der Waals surface area contributed by atoms with Crippen LogP contribution in [0.1, 0.15) is 209 Å². The van der Waals surface area contributed by atoms with Gasteiger partial charge in [0.1, 0.15) is 0 Å². The third kappa shape index (κ3) is 22.4. The van der Waals surface area contributed by atoms with Gasteiger partial charge >= 0.3 is 0 Å². The zero-order chi connectivity index (χ0) is 35.4. The number of rotatable bonds is 30. The van der Waals surface area contributed by atoms with Crippen molar-refractivity contribution in [3.8, 4) is 0 Å². The first-order valence-corrected chi connectivity index (χ1v) is 21.2. The molecule has 0 saturated carbocycles. The van der Waals surface area contributed by atoms with Crippen LogP contribution >= 0.6 is 0 Å². The van der Waals surface area contributed by atoms with Gasteiger partial charge in [0.15, 0.2) is 0 Å². The number of hydrogen-bond acceptors (Lipinski definition) is 2. The molecule has 0 atom stereocenters. The van der Waals surface area contributed by atoms with Gasteiger partial charge in [-0.2, -0.15) is 0 Å². The number of aliphatic imine (C=N–C) groups is 2. The topological polar surface area (TPSA) is 24.7 Å². The van der Waals surface area contributed by atoms with Crippen molar-refractivity contribution in [2.45, 2.75) is 215 Å². The number of nitrogens with zero attached hydrogens (tertiary/aromatic N) is 2. The maximum absolute atomic E-state index is 5.26. The smallest absolute Gasteiger partial charge is 0.0636 e. The number of aryl methyl sites for hydroxylation is 4.